The summed E-state index contributed by atoms with van der Waals surface area (Å²) in [5.74, 6) is 1.46. The maximum Gasteiger partial charge on any atom is 0.0761 e. The van der Waals surface area contributed by atoms with E-state index in [1.54, 1.807) is 0 Å². The fraction of sp³-hybridized carbons (Fsp3) is 0.769. The van der Waals surface area contributed by atoms with Crippen molar-refractivity contribution in [3.63, 3.8) is 0 Å². The zero-order chi connectivity index (χ0) is 12.6. The van der Waals surface area contributed by atoms with Crippen LogP contribution in [0.25, 0.3) is 0 Å². The minimum absolute atomic E-state index is 0.355. The molecule has 2 unspecified atom stereocenters. The van der Waals surface area contributed by atoms with Crippen molar-refractivity contribution in [1.82, 2.24) is 0 Å². The van der Waals surface area contributed by atoms with Crippen LogP contribution in [0.15, 0.2) is 11.6 Å². The van der Waals surface area contributed by atoms with Crippen LogP contribution in [-0.2, 0) is 0 Å². The molecule has 0 aliphatic rings. The SMILES string of the molecule is C/C=C(/CCl)CC(C)C(CCCC)C(N)=S. The molecule has 0 aromatic carbocycles. The molecule has 0 saturated heterocycles. The van der Waals surface area contributed by atoms with Crippen molar-refractivity contribution in [2.24, 2.45) is 17.6 Å². The van der Waals surface area contributed by atoms with Crippen LogP contribution in [0.3, 0.4) is 0 Å². The Balaban J connectivity index is 4.37. The zero-order valence-corrected chi connectivity index (χ0v) is 12.2. The summed E-state index contributed by atoms with van der Waals surface area (Å²) in [4.78, 5) is 0.658. The Kier molecular flexibility index (Phi) is 8.96. The lowest BCUT2D eigenvalue weighted by molar-refractivity contribution is 0.415. The summed E-state index contributed by atoms with van der Waals surface area (Å²) in [6, 6.07) is 0. The fourth-order valence-electron chi connectivity index (χ4n) is 1.94. The van der Waals surface area contributed by atoms with Crippen LogP contribution in [-0.4, -0.2) is 10.9 Å². The van der Waals surface area contributed by atoms with Crippen LogP contribution in [0.1, 0.15) is 46.5 Å². The second-order valence-electron chi connectivity index (χ2n) is 4.41. The number of nitrogens with two attached hydrogens (primary N) is 1. The first kappa shape index (κ1) is 15.9. The van der Waals surface area contributed by atoms with Crippen LogP contribution < -0.4 is 5.73 Å². The van der Waals surface area contributed by atoms with Crippen molar-refractivity contribution in [3.05, 3.63) is 11.6 Å². The average Bonchev–Trinajstić information content (AvgIpc) is 2.25. The third kappa shape index (κ3) is 5.86. The van der Waals surface area contributed by atoms with Gasteiger partial charge >= 0.3 is 0 Å². The normalized spacial score (nSPS) is 15.9. The Hall–Kier alpha value is -0.0800. The summed E-state index contributed by atoms with van der Waals surface area (Å²) >= 11 is 11.0. The number of hydrogen-bond acceptors (Lipinski definition) is 1. The molecule has 16 heavy (non-hydrogen) atoms. The maximum atomic E-state index is 5.87. The molecule has 0 spiro atoms. The van der Waals surface area contributed by atoms with Crippen LogP contribution in [0.2, 0.25) is 0 Å². The van der Waals surface area contributed by atoms with Gasteiger partial charge in [0.1, 0.15) is 0 Å². The molecule has 0 rings (SSSR count). The highest BCUT2D eigenvalue weighted by Gasteiger charge is 2.20. The lowest BCUT2D eigenvalue weighted by Gasteiger charge is -2.23. The number of unbranched alkanes of at least 4 members (excludes halogenated alkanes) is 1. The molecule has 0 saturated carbocycles. The van der Waals surface area contributed by atoms with E-state index in [9.17, 15) is 0 Å². The van der Waals surface area contributed by atoms with E-state index in [0.29, 0.717) is 22.7 Å². The van der Waals surface area contributed by atoms with Gasteiger partial charge in [-0.05, 0) is 25.7 Å². The summed E-state index contributed by atoms with van der Waals surface area (Å²) in [6.45, 7) is 6.44. The monoisotopic (exact) mass is 261 g/mol. The van der Waals surface area contributed by atoms with E-state index in [4.69, 9.17) is 29.6 Å². The smallest absolute Gasteiger partial charge is 0.0761 e. The van der Waals surface area contributed by atoms with E-state index in [-0.39, 0.29) is 0 Å². The Labute approximate surface area is 110 Å². The molecule has 0 radical (unpaired) electrons. The van der Waals surface area contributed by atoms with Gasteiger partial charge in [0, 0.05) is 11.8 Å². The van der Waals surface area contributed by atoms with Gasteiger partial charge < -0.3 is 5.73 Å². The number of rotatable bonds is 8. The first-order valence-corrected chi connectivity index (χ1v) is 7.00. The molecule has 0 fully saturated rings. The molecule has 1 nitrogen and oxygen atoms in total. The molecule has 94 valence electrons. The van der Waals surface area contributed by atoms with Gasteiger partial charge in [0.2, 0.25) is 0 Å². The highest BCUT2D eigenvalue weighted by Crippen LogP contribution is 2.25. The summed E-state index contributed by atoms with van der Waals surface area (Å²) in [7, 11) is 0. The Morgan fingerprint density at radius 1 is 1.50 bits per heavy atom. The molecule has 0 aliphatic heterocycles. The van der Waals surface area contributed by atoms with Gasteiger partial charge in [-0.2, -0.15) is 0 Å². The van der Waals surface area contributed by atoms with Crippen LogP contribution >= 0.6 is 23.8 Å². The summed E-state index contributed by atoms with van der Waals surface area (Å²) in [5.41, 5.74) is 7.10. The lowest BCUT2D eigenvalue weighted by atomic mass is 9.85. The topological polar surface area (TPSA) is 26.0 Å². The van der Waals surface area contributed by atoms with Crippen molar-refractivity contribution in [1.29, 1.82) is 0 Å². The number of allylic oxidation sites excluding steroid dienone is 2. The first-order chi connectivity index (χ1) is 7.56. The average molecular weight is 262 g/mol. The standard InChI is InChI=1S/C13H24ClNS/c1-4-6-7-12(13(15)16)10(3)8-11(5-2)9-14/h5,10,12H,4,6-9H2,1-3H3,(H2,15,16)/b11-5+. The molecule has 0 aromatic rings. The van der Waals surface area contributed by atoms with Crippen LogP contribution in [0, 0.1) is 11.8 Å². The predicted molar refractivity (Wildman–Crippen MR) is 78.1 cm³/mol. The van der Waals surface area contributed by atoms with E-state index in [0.717, 1.165) is 12.8 Å². The lowest BCUT2D eigenvalue weighted by Crippen LogP contribution is -2.27. The van der Waals surface area contributed by atoms with Crippen molar-refractivity contribution < 1.29 is 0 Å². The van der Waals surface area contributed by atoms with Gasteiger partial charge in [0.15, 0.2) is 0 Å². The Morgan fingerprint density at radius 3 is 2.50 bits per heavy atom. The minimum Gasteiger partial charge on any atom is -0.393 e. The van der Waals surface area contributed by atoms with Gasteiger partial charge in [-0.15, -0.1) is 11.6 Å². The van der Waals surface area contributed by atoms with E-state index in [2.05, 4.69) is 19.9 Å². The Morgan fingerprint density at radius 2 is 2.12 bits per heavy atom. The third-order valence-electron chi connectivity index (χ3n) is 3.09. The molecular weight excluding hydrogens is 238 g/mol. The van der Waals surface area contributed by atoms with Gasteiger partial charge in [0.05, 0.1) is 4.99 Å². The number of alkyl halides is 1. The van der Waals surface area contributed by atoms with Crippen molar-refractivity contribution in [2.75, 3.05) is 5.88 Å². The van der Waals surface area contributed by atoms with Gasteiger partial charge in [-0.3, -0.25) is 0 Å². The largest absolute Gasteiger partial charge is 0.393 e. The molecule has 0 aliphatic carbocycles. The predicted octanol–water partition coefficient (Wildman–Crippen LogP) is 4.29. The maximum absolute atomic E-state index is 5.87. The van der Waals surface area contributed by atoms with Gasteiger partial charge in [-0.1, -0.05) is 50.6 Å². The molecule has 2 atom stereocenters. The van der Waals surface area contributed by atoms with Crippen molar-refractivity contribution >= 4 is 28.8 Å². The van der Waals surface area contributed by atoms with E-state index in [1.807, 2.05) is 6.92 Å². The van der Waals surface area contributed by atoms with Crippen molar-refractivity contribution in [3.8, 4) is 0 Å². The summed E-state index contributed by atoms with van der Waals surface area (Å²) in [6.07, 6.45) is 6.59. The van der Waals surface area contributed by atoms with Crippen LogP contribution in [0.4, 0.5) is 0 Å². The minimum atomic E-state index is 0.355. The van der Waals surface area contributed by atoms with Gasteiger partial charge in [-0.25, -0.2) is 0 Å². The molecule has 0 heterocycles. The van der Waals surface area contributed by atoms with E-state index >= 15 is 0 Å². The van der Waals surface area contributed by atoms with E-state index < -0.39 is 0 Å². The first-order valence-electron chi connectivity index (χ1n) is 6.06. The fourth-order valence-corrected chi connectivity index (χ4v) is 2.55. The van der Waals surface area contributed by atoms with Gasteiger partial charge in [0.25, 0.3) is 0 Å². The second-order valence-corrected chi connectivity index (χ2v) is 5.15. The highest BCUT2D eigenvalue weighted by atomic mass is 35.5. The highest BCUT2D eigenvalue weighted by molar-refractivity contribution is 7.80. The second kappa shape index (κ2) is 9.00. The molecule has 0 bridgehead atoms. The summed E-state index contributed by atoms with van der Waals surface area (Å²) < 4.78 is 0. The van der Waals surface area contributed by atoms with E-state index in [1.165, 1.54) is 18.4 Å². The van der Waals surface area contributed by atoms with Crippen LogP contribution in [0.5, 0.6) is 0 Å². The molecule has 3 heteroatoms. The molecule has 0 aromatic heterocycles. The zero-order valence-electron chi connectivity index (χ0n) is 10.6. The third-order valence-corrected chi connectivity index (χ3v) is 3.73. The molecular formula is C13H24ClNS. The quantitative estimate of drug-likeness (QED) is 0.401. The molecule has 0 amide bonds. The number of halogens is 1. The van der Waals surface area contributed by atoms with Crippen molar-refractivity contribution in [2.45, 2.75) is 46.5 Å². The number of thiocarbonyl (C=S) groups is 1. The Bertz CT molecular complexity index is 238. The summed E-state index contributed by atoms with van der Waals surface area (Å²) in [5, 5.41) is 0. The molecule has 2 N–H and O–H groups in total. The number of hydrogen-bond donors (Lipinski definition) is 1.